The zero-order chi connectivity index (χ0) is 15.8. The van der Waals surface area contributed by atoms with Crippen LogP contribution in [0.2, 0.25) is 0 Å². The fourth-order valence-electron chi connectivity index (χ4n) is 1.92. The van der Waals surface area contributed by atoms with Crippen molar-refractivity contribution in [3.05, 3.63) is 18.2 Å². The van der Waals surface area contributed by atoms with Crippen molar-refractivity contribution in [1.29, 1.82) is 0 Å². The minimum absolute atomic E-state index is 0. The second-order valence-corrected chi connectivity index (χ2v) is 5.40. The van der Waals surface area contributed by atoms with Crippen molar-refractivity contribution in [2.45, 2.75) is 20.8 Å². The minimum atomic E-state index is 0. The Bertz CT molecular complexity index is 509. The molecule has 0 fully saturated rings. The van der Waals surface area contributed by atoms with Crippen molar-refractivity contribution in [2.75, 3.05) is 33.0 Å². The molecule has 0 aromatic heterocycles. The first-order chi connectivity index (χ1) is 10.7. The quantitative estimate of drug-likeness (QED) is 0.299. The molecule has 2 rings (SSSR count). The maximum Gasteiger partial charge on any atom is 0.231 e. The Morgan fingerprint density at radius 1 is 1.26 bits per heavy atom. The Morgan fingerprint density at radius 3 is 2.78 bits per heavy atom. The fraction of sp³-hybridized carbons (Fsp3) is 0.562. The molecular weight excluding hydrogens is 409 g/mol. The lowest BCUT2D eigenvalue weighted by molar-refractivity contribution is 0.173. The van der Waals surface area contributed by atoms with E-state index in [0.29, 0.717) is 19.1 Å². The third kappa shape index (κ3) is 6.72. The van der Waals surface area contributed by atoms with Gasteiger partial charge in [0.25, 0.3) is 0 Å². The Balaban J connectivity index is 0.00000264. The summed E-state index contributed by atoms with van der Waals surface area (Å²) in [6.45, 7) is 9.50. The van der Waals surface area contributed by atoms with E-state index in [1.54, 1.807) is 0 Å². The second-order valence-electron chi connectivity index (χ2n) is 5.40. The Hall–Kier alpha value is -1.38. The molecule has 130 valence electrons. The molecule has 0 unspecified atom stereocenters. The van der Waals surface area contributed by atoms with Crippen LogP contribution >= 0.6 is 24.0 Å². The van der Waals surface area contributed by atoms with Crippen LogP contribution in [0.1, 0.15) is 20.8 Å². The predicted molar refractivity (Wildman–Crippen MR) is 102 cm³/mol. The van der Waals surface area contributed by atoms with Crippen molar-refractivity contribution in [3.63, 3.8) is 0 Å². The summed E-state index contributed by atoms with van der Waals surface area (Å²) in [5.74, 6) is 3.64. The molecular formula is C16H26IN3O3. The van der Waals surface area contributed by atoms with Crippen molar-refractivity contribution >= 4 is 29.9 Å². The molecule has 6 nitrogen and oxygen atoms in total. The highest BCUT2D eigenvalue weighted by molar-refractivity contribution is 14.0. The van der Waals surface area contributed by atoms with Gasteiger partial charge in [0.1, 0.15) is 12.4 Å². The molecule has 1 aromatic carbocycles. The largest absolute Gasteiger partial charge is 0.492 e. The molecule has 23 heavy (non-hydrogen) atoms. The topological polar surface area (TPSA) is 64.1 Å². The first kappa shape index (κ1) is 19.7. The van der Waals surface area contributed by atoms with Gasteiger partial charge in [0.2, 0.25) is 6.79 Å². The number of aliphatic imine (C=N–C) groups is 1. The number of hydrogen-bond donors (Lipinski definition) is 2. The zero-order valence-corrected chi connectivity index (χ0v) is 16.3. The highest BCUT2D eigenvalue weighted by Gasteiger charge is 2.13. The van der Waals surface area contributed by atoms with Crippen molar-refractivity contribution in [3.8, 4) is 17.2 Å². The molecule has 0 saturated heterocycles. The van der Waals surface area contributed by atoms with Gasteiger partial charge in [0.05, 0.1) is 6.54 Å². The third-order valence-corrected chi connectivity index (χ3v) is 2.97. The summed E-state index contributed by atoms with van der Waals surface area (Å²) in [7, 11) is 0. The van der Waals surface area contributed by atoms with E-state index in [2.05, 4.69) is 36.4 Å². The predicted octanol–water partition coefficient (Wildman–Crippen LogP) is 2.62. The third-order valence-electron chi connectivity index (χ3n) is 2.97. The number of fused-ring (bicyclic) bond motifs is 1. The Morgan fingerprint density at radius 2 is 2.04 bits per heavy atom. The van der Waals surface area contributed by atoms with Gasteiger partial charge >= 0.3 is 0 Å². The van der Waals surface area contributed by atoms with Gasteiger partial charge < -0.3 is 24.8 Å². The number of ether oxygens (including phenoxy) is 3. The van der Waals surface area contributed by atoms with Crippen molar-refractivity contribution < 1.29 is 14.2 Å². The van der Waals surface area contributed by atoms with Gasteiger partial charge in [-0.15, -0.1) is 24.0 Å². The lowest BCUT2D eigenvalue weighted by Crippen LogP contribution is -2.39. The molecule has 2 N–H and O–H groups in total. The van der Waals surface area contributed by atoms with E-state index in [0.717, 1.165) is 36.3 Å². The Kier molecular flexibility index (Phi) is 8.90. The summed E-state index contributed by atoms with van der Waals surface area (Å²) in [5.41, 5.74) is 0. The molecule has 0 bridgehead atoms. The first-order valence-corrected chi connectivity index (χ1v) is 7.73. The van der Waals surface area contributed by atoms with Crippen LogP contribution in [0.5, 0.6) is 17.2 Å². The molecule has 0 spiro atoms. The number of nitrogens with one attached hydrogen (secondary N) is 2. The zero-order valence-electron chi connectivity index (χ0n) is 13.9. The lowest BCUT2D eigenvalue weighted by atomic mass is 10.2. The van der Waals surface area contributed by atoms with Gasteiger partial charge in [-0.3, -0.25) is 4.99 Å². The van der Waals surface area contributed by atoms with E-state index >= 15 is 0 Å². The van der Waals surface area contributed by atoms with Gasteiger partial charge in [-0.25, -0.2) is 0 Å². The van der Waals surface area contributed by atoms with Crippen LogP contribution < -0.4 is 24.8 Å². The van der Waals surface area contributed by atoms with Gasteiger partial charge in [0.15, 0.2) is 17.5 Å². The highest BCUT2D eigenvalue weighted by atomic mass is 127. The van der Waals surface area contributed by atoms with Gasteiger partial charge in [-0.2, -0.15) is 0 Å². The molecule has 0 aliphatic carbocycles. The number of hydrogen-bond acceptors (Lipinski definition) is 4. The van der Waals surface area contributed by atoms with Gasteiger partial charge in [0, 0.05) is 19.2 Å². The number of benzene rings is 1. The van der Waals surface area contributed by atoms with Crippen LogP contribution in [0.15, 0.2) is 23.2 Å². The molecule has 0 radical (unpaired) electrons. The minimum Gasteiger partial charge on any atom is -0.492 e. The van der Waals surface area contributed by atoms with Crippen molar-refractivity contribution in [2.24, 2.45) is 10.9 Å². The molecule has 0 atom stereocenters. The van der Waals surface area contributed by atoms with E-state index in [1.807, 2.05) is 18.2 Å². The summed E-state index contributed by atoms with van der Waals surface area (Å²) in [6, 6.07) is 5.59. The lowest BCUT2D eigenvalue weighted by Gasteiger charge is -2.12. The normalized spacial score (nSPS) is 12.8. The maximum absolute atomic E-state index is 5.70. The molecule has 0 saturated carbocycles. The maximum atomic E-state index is 5.70. The molecule has 7 heteroatoms. The van der Waals surface area contributed by atoms with Crippen LogP contribution in [0.3, 0.4) is 0 Å². The Labute approximate surface area is 155 Å². The van der Waals surface area contributed by atoms with Gasteiger partial charge in [-0.1, -0.05) is 13.8 Å². The standard InChI is InChI=1S/C16H25N3O3.HI/c1-4-17-16(19-10-12(2)3)18-7-8-20-13-5-6-14-15(9-13)22-11-21-14;/h5-6,9,12H,4,7-8,10-11H2,1-3H3,(H2,17,18,19);1H. The molecule has 1 heterocycles. The molecule has 1 aliphatic rings. The van der Waals surface area contributed by atoms with Crippen LogP contribution in [-0.4, -0.2) is 39.0 Å². The summed E-state index contributed by atoms with van der Waals surface area (Å²) >= 11 is 0. The van der Waals surface area contributed by atoms with Crippen LogP contribution in [0.25, 0.3) is 0 Å². The number of halogens is 1. The number of rotatable bonds is 7. The van der Waals surface area contributed by atoms with Gasteiger partial charge in [-0.05, 0) is 25.0 Å². The van der Waals surface area contributed by atoms with E-state index in [4.69, 9.17) is 14.2 Å². The SMILES string of the molecule is CCNC(=NCC(C)C)NCCOc1ccc2c(c1)OCO2.I. The highest BCUT2D eigenvalue weighted by Crippen LogP contribution is 2.34. The average Bonchev–Trinajstić information content (AvgIpc) is 2.96. The monoisotopic (exact) mass is 435 g/mol. The summed E-state index contributed by atoms with van der Waals surface area (Å²) in [6.07, 6.45) is 0. The second kappa shape index (κ2) is 10.4. The first-order valence-electron chi connectivity index (χ1n) is 7.73. The summed E-state index contributed by atoms with van der Waals surface area (Å²) < 4.78 is 16.3. The van der Waals surface area contributed by atoms with E-state index in [-0.39, 0.29) is 30.8 Å². The molecule has 0 amide bonds. The van der Waals surface area contributed by atoms with Crippen LogP contribution in [-0.2, 0) is 0 Å². The fourth-order valence-corrected chi connectivity index (χ4v) is 1.92. The number of guanidine groups is 1. The van der Waals surface area contributed by atoms with Crippen LogP contribution in [0.4, 0.5) is 0 Å². The number of nitrogens with zero attached hydrogens (tertiary/aromatic N) is 1. The molecule has 1 aromatic rings. The van der Waals surface area contributed by atoms with E-state index in [1.165, 1.54) is 0 Å². The smallest absolute Gasteiger partial charge is 0.231 e. The van der Waals surface area contributed by atoms with Crippen molar-refractivity contribution in [1.82, 2.24) is 10.6 Å². The summed E-state index contributed by atoms with van der Waals surface area (Å²) in [5, 5.41) is 6.47. The summed E-state index contributed by atoms with van der Waals surface area (Å²) in [4.78, 5) is 4.51. The van der Waals surface area contributed by atoms with E-state index < -0.39 is 0 Å². The van der Waals surface area contributed by atoms with Crippen LogP contribution in [0, 0.1) is 5.92 Å². The average molecular weight is 435 g/mol. The van der Waals surface area contributed by atoms with E-state index in [9.17, 15) is 0 Å². The molecule has 1 aliphatic heterocycles.